The Morgan fingerprint density at radius 2 is 1.81 bits per heavy atom. The van der Waals surface area contributed by atoms with Crippen LogP contribution in [-0.2, 0) is 17.9 Å². The summed E-state index contributed by atoms with van der Waals surface area (Å²) in [5, 5.41) is 4.23. The van der Waals surface area contributed by atoms with Crippen molar-refractivity contribution in [2.45, 2.75) is 46.2 Å². The Labute approximate surface area is 183 Å². The van der Waals surface area contributed by atoms with Gasteiger partial charge in [0.1, 0.15) is 5.76 Å². The topological polar surface area (TPSA) is 47.2 Å². The van der Waals surface area contributed by atoms with Crippen molar-refractivity contribution in [3.05, 3.63) is 95.6 Å². The SMILES string of the molecule is Cc1ccc(Cn2cc([C@H](CC(=O)NCc3ccco3)C(C)C)c3ccccc32)cc1. The monoisotopic (exact) mass is 414 g/mol. The highest BCUT2D eigenvalue weighted by Gasteiger charge is 2.24. The summed E-state index contributed by atoms with van der Waals surface area (Å²) in [6.45, 7) is 7.73. The van der Waals surface area contributed by atoms with Gasteiger partial charge in [0.2, 0.25) is 5.91 Å². The Morgan fingerprint density at radius 1 is 1.03 bits per heavy atom. The van der Waals surface area contributed by atoms with Crippen LogP contribution in [0.3, 0.4) is 0 Å². The number of para-hydroxylation sites is 1. The van der Waals surface area contributed by atoms with Gasteiger partial charge in [-0.25, -0.2) is 0 Å². The van der Waals surface area contributed by atoms with Gasteiger partial charge in [-0.1, -0.05) is 61.9 Å². The molecule has 0 unspecified atom stereocenters. The number of benzene rings is 2. The van der Waals surface area contributed by atoms with Crippen molar-refractivity contribution >= 4 is 16.8 Å². The van der Waals surface area contributed by atoms with Crippen LogP contribution in [0.2, 0.25) is 0 Å². The Hall–Kier alpha value is -3.27. The molecule has 0 spiro atoms. The maximum absolute atomic E-state index is 12.7. The number of rotatable bonds is 8. The van der Waals surface area contributed by atoms with Gasteiger partial charge in [-0.05, 0) is 48.1 Å². The number of furan rings is 1. The molecule has 1 atom stereocenters. The van der Waals surface area contributed by atoms with Gasteiger partial charge in [-0.2, -0.15) is 0 Å². The summed E-state index contributed by atoms with van der Waals surface area (Å²) in [7, 11) is 0. The van der Waals surface area contributed by atoms with Crippen LogP contribution in [0.15, 0.2) is 77.5 Å². The van der Waals surface area contributed by atoms with Crippen molar-refractivity contribution in [1.29, 1.82) is 0 Å². The summed E-state index contributed by atoms with van der Waals surface area (Å²) in [5.74, 6) is 1.29. The number of carbonyl (C=O) groups is 1. The predicted octanol–water partition coefficient (Wildman–Crippen LogP) is 6.04. The third-order valence-electron chi connectivity index (χ3n) is 5.94. The molecule has 4 nitrogen and oxygen atoms in total. The molecule has 0 bridgehead atoms. The number of aromatic nitrogens is 1. The van der Waals surface area contributed by atoms with Gasteiger partial charge in [-0.3, -0.25) is 4.79 Å². The second-order valence-electron chi connectivity index (χ2n) is 8.63. The highest BCUT2D eigenvalue weighted by atomic mass is 16.3. The standard InChI is InChI=1S/C27H30N2O2/c1-19(2)24(15-27(30)28-16-22-7-6-14-31-22)25-18-29(26-9-5-4-8-23(25)26)17-21-12-10-20(3)11-13-21/h4-14,18-19,24H,15-17H2,1-3H3,(H,28,30)/t24-/m1/s1. The molecule has 2 aromatic carbocycles. The fraction of sp³-hybridized carbons (Fsp3) is 0.296. The molecule has 0 aliphatic rings. The van der Waals surface area contributed by atoms with E-state index in [2.05, 4.69) is 85.4 Å². The molecule has 0 aliphatic carbocycles. The van der Waals surface area contributed by atoms with Crippen LogP contribution in [0.1, 0.15) is 48.6 Å². The van der Waals surface area contributed by atoms with Gasteiger partial charge in [0.15, 0.2) is 0 Å². The summed E-state index contributed by atoms with van der Waals surface area (Å²) >= 11 is 0. The smallest absolute Gasteiger partial charge is 0.220 e. The average Bonchev–Trinajstić information content (AvgIpc) is 3.40. The highest BCUT2D eigenvalue weighted by Crippen LogP contribution is 2.35. The molecule has 2 heterocycles. The summed E-state index contributed by atoms with van der Waals surface area (Å²) in [6.07, 6.45) is 4.33. The minimum absolute atomic E-state index is 0.0467. The van der Waals surface area contributed by atoms with Crippen LogP contribution in [0.25, 0.3) is 10.9 Å². The van der Waals surface area contributed by atoms with E-state index in [4.69, 9.17) is 4.42 Å². The molecular formula is C27H30N2O2. The van der Waals surface area contributed by atoms with Gasteiger partial charge in [0, 0.05) is 30.1 Å². The van der Waals surface area contributed by atoms with E-state index in [9.17, 15) is 4.79 Å². The van der Waals surface area contributed by atoms with Gasteiger partial charge in [-0.15, -0.1) is 0 Å². The fourth-order valence-corrected chi connectivity index (χ4v) is 4.17. The summed E-state index contributed by atoms with van der Waals surface area (Å²) in [5.41, 5.74) is 4.99. The maximum atomic E-state index is 12.7. The van der Waals surface area contributed by atoms with Crippen molar-refractivity contribution in [2.24, 2.45) is 5.92 Å². The molecule has 0 fully saturated rings. The first kappa shape index (κ1) is 21.0. The zero-order chi connectivity index (χ0) is 21.8. The van der Waals surface area contributed by atoms with E-state index in [-0.39, 0.29) is 11.8 Å². The first-order valence-corrected chi connectivity index (χ1v) is 10.9. The molecule has 0 aliphatic heterocycles. The van der Waals surface area contributed by atoms with Gasteiger partial charge < -0.3 is 14.3 Å². The molecule has 4 heteroatoms. The van der Waals surface area contributed by atoms with E-state index in [1.165, 1.54) is 27.6 Å². The normalized spacial score (nSPS) is 12.4. The van der Waals surface area contributed by atoms with Crippen LogP contribution in [-0.4, -0.2) is 10.5 Å². The van der Waals surface area contributed by atoms with E-state index < -0.39 is 0 Å². The van der Waals surface area contributed by atoms with Gasteiger partial charge >= 0.3 is 0 Å². The zero-order valence-corrected chi connectivity index (χ0v) is 18.5. The van der Waals surface area contributed by atoms with Crippen molar-refractivity contribution < 1.29 is 9.21 Å². The second kappa shape index (κ2) is 9.25. The first-order valence-electron chi connectivity index (χ1n) is 10.9. The number of carbonyl (C=O) groups excluding carboxylic acids is 1. The molecular weight excluding hydrogens is 384 g/mol. The third-order valence-corrected chi connectivity index (χ3v) is 5.94. The van der Waals surface area contributed by atoms with Crippen LogP contribution >= 0.6 is 0 Å². The first-order chi connectivity index (χ1) is 15.0. The Bertz CT molecular complexity index is 1140. The number of hydrogen-bond acceptors (Lipinski definition) is 2. The lowest BCUT2D eigenvalue weighted by atomic mass is 9.85. The lowest BCUT2D eigenvalue weighted by Crippen LogP contribution is -2.25. The molecule has 31 heavy (non-hydrogen) atoms. The van der Waals surface area contributed by atoms with Gasteiger partial charge in [0.05, 0.1) is 12.8 Å². The predicted molar refractivity (Wildman–Crippen MR) is 125 cm³/mol. The fourth-order valence-electron chi connectivity index (χ4n) is 4.17. The number of hydrogen-bond donors (Lipinski definition) is 1. The van der Waals surface area contributed by atoms with Crippen molar-refractivity contribution in [3.63, 3.8) is 0 Å². The lowest BCUT2D eigenvalue weighted by Gasteiger charge is -2.20. The third kappa shape index (κ3) is 4.91. The van der Waals surface area contributed by atoms with E-state index >= 15 is 0 Å². The number of aryl methyl sites for hydroxylation is 1. The van der Waals surface area contributed by atoms with Crippen LogP contribution in [0.4, 0.5) is 0 Å². The Balaban J connectivity index is 1.59. The Kier molecular flexibility index (Phi) is 6.26. The van der Waals surface area contributed by atoms with Crippen molar-refractivity contribution in [1.82, 2.24) is 9.88 Å². The number of nitrogens with zero attached hydrogens (tertiary/aromatic N) is 1. The number of amides is 1. The van der Waals surface area contributed by atoms with Crippen LogP contribution in [0, 0.1) is 12.8 Å². The summed E-state index contributed by atoms with van der Waals surface area (Å²) in [4.78, 5) is 12.7. The molecule has 4 aromatic rings. The largest absolute Gasteiger partial charge is 0.467 e. The summed E-state index contributed by atoms with van der Waals surface area (Å²) < 4.78 is 7.64. The van der Waals surface area contributed by atoms with Crippen LogP contribution < -0.4 is 5.32 Å². The van der Waals surface area contributed by atoms with E-state index in [1.54, 1.807) is 6.26 Å². The number of nitrogens with one attached hydrogen (secondary N) is 1. The lowest BCUT2D eigenvalue weighted by molar-refractivity contribution is -0.121. The Morgan fingerprint density at radius 3 is 2.52 bits per heavy atom. The van der Waals surface area contributed by atoms with E-state index in [0.717, 1.165) is 12.3 Å². The quantitative estimate of drug-likeness (QED) is 0.382. The van der Waals surface area contributed by atoms with Crippen molar-refractivity contribution in [3.8, 4) is 0 Å². The average molecular weight is 415 g/mol. The minimum Gasteiger partial charge on any atom is -0.467 e. The maximum Gasteiger partial charge on any atom is 0.220 e. The molecule has 0 saturated carbocycles. The minimum atomic E-state index is 0.0467. The van der Waals surface area contributed by atoms with Crippen molar-refractivity contribution in [2.75, 3.05) is 0 Å². The summed E-state index contributed by atoms with van der Waals surface area (Å²) in [6, 6.07) is 20.9. The molecule has 2 aromatic heterocycles. The zero-order valence-electron chi connectivity index (χ0n) is 18.5. The van der Waals surface area contributed by atoms with Crippen LogP contribution in [0.5, 0.6) is 0 Å². The highest BCUT2D eigenvalue weighted by molar-refractivity contribution is 5.86. The molecule has 1 N–H and O–H groups in total. The van der Waals surface area contributed by atoms with E-state index in [1.807, 2.05) is 12.1 Å². The van der Waals surface area contributed by atoms with Gasteiger partial charge in [0.25, 0.3) is 0 Å². The number of fused-ring (bicyclic) bond motifs is 1. The second-order valence-corrected chi connectivity index (χ2v) is 8.63. The molecule has 4 rings (SSSR count). The van der Waals surface area contributed by atoms with E-state index in [0.29, 0.717) is 18.9 Å². The molecule has 0 radical (unpaired) electrons. The molecule has 0 saturated heterocycles. The molecule has 1 amide bonds. The molecule has 160 valence electrons.